The molecule has 13 heteroatoms. The summed E-state index contributed by atoms with van der Waals surface area (Å²) in [5.74, 6) is -2.32. The molecule has 5 atom stereocenters. The number of carbonyl (C=O) groups excluding carboxylic acids is 5. The number of ketones is 1. The zero-order chi connectivity index (χ0) is 38.3. The average molecular weight is 748 g/mol. The number of hydrogen-bond acceptors (Lipinski definition) is 7. The number of nitrogens with one attached hydrogen (secondary N) is 4. The van der Waals surface area contributed by atoms with Gasteiger partial charge in [0.05, 0.1) is 22.1 Å². The molecule has 4 saturated carbocycles. The van der Waals surface area contributed by atoms with E-state index in [0.717, 1.165) is 70.6 Å². The summed E-state index contributed by atoms with van der Waals surface area (Å²) in [4.78, 5) is 71.0. The summed E-state index contributed by atoms with van der Waals surface area (Å²) in [7, 11) is -3.56. The number of Topliss-reactive ketones (excluding diaryl/α,β-unsaturated/α-hetero) is 1. The summed E-state index contributed by atoms with van der Waals surface area (Å²) in [6, 6.07) is -3.33. The van der Waals surface area contributed by atoms with Crippen LogP contribution in [0, 0.1) is 22.7 Å². The van der Waals surface area contributed by atoms with Gasteiger partial charge in [0.25, 0.3) is 5.91 Å². The average Bonchev–Trinajstić information content (AvgIpc) is 3.92. The van der Waals surface area contributed by atoms with Crippen LogP contribution in [0.3, 0.4) is 0 Å². The summed E-state index contributed by atoms with van der Waals surface area (Å²) in [6.07, 6.45) is 11.4. The fraction of sp³-hybridized carbons (Fsp3) is 0.872. The predicted molar refractivity (Wildman–Crippen MR) is 200 cm³/mol. The third-order valence-electron chi connectivity index (χ3n) is 13.2. The van der Waals surface area contributed by atoms with Crippen molar-refractivity contribution in [1.29, 1.82) is 0 Å². The SMILES string of the molecule is CCCC[C@H](NC(=O)C1C2[C@H](CN1C(=O)[C@@H](NC(=O)NC1(CS(=O)(=O)C(C)(C)C)CCCCC1)C1(C)CCCCC1)C2(C)C)C(=O)C(=O)NC1CC1. The minimum Gasteiger partial charge on any atom is -0.347 e. The van der Waals surface area contributed by atoms with Gasteiger partial charge in [-0.15, -0.1) is 0 Å². The number of amides is 5. The van der Waals surface area contributed by atoms with Gasteiger partial charge >= 0.3 is 6.03 Å². The molecule has 52 heavy (non-hydrogen) atoms. The van der Waals surface area contributed by atoms with Crippen LogP contribution < -0.4 is 21.3 Å². The number of nitrogens with zero attached hydrogens (tertiary/aromatic N) is 1. The van der Waals surface area contributed by atoms with Gasteiger partial charge in [-0.3, -0.25) is 19.2 Å². The monoisotopic (exact) mass is 747 g/mol. The van der Waals surface area contributed by atoms with Crippen molar-refractivity contribution in [3.05, 3.63) is 0 Å². The zero-order valence-corrected chi connectivity index (χ0v) is 33.5. The number of rotatable bonds is 14. The quantitative estimate of drug-likeness (QED) is 0.189. The molecular formula is C39H65N5O7S. The highest BCUT2D eigenvalue weighted by atomic mass is 32.2. The van der Waals surface area contributed by atoms with Gasteiger partial charge in [0.2, 0.25) is 17.6 Å². The number of unbranched alkanes of at least 4 members (excludes halogenated alkanes) is 1. The summed E-state index contributed by atoms with van der Waals surface area (Å²) >= 11 is 0. The molecule has 1 heterocycles. The molecule has 5 amide bonds. The lowest BCUT2D eigenvalue weighted by molar-refractivity contribution is -0.146. The smallest absolute Gasteiger partial charge is 0.315 e. The molecule has 0 aromatic heterocycles. The highest BCUT2D eigenvalue weighted by Gasteiger charge is 2.70. The zero-order valence-electron chi connectivity index (χ0n) is 32.7. The van der Waals surface area contributed by atoms with Gasteiger partial charge in [0.15, 0.2) is 9.84 Å². The molecule has 0 aromatic rings. The van der Waals surface area contributed by atoms with Crippen molar-refractivity contribution in [3.8, 4) is 0 Å². The van der Waals surface area contributed by atoms with E-state index in [1.54, 1.807) is 25.7 Å². The molecule has 12 nitrogen and oxygen atoms in total. The first-order chi connectivity index (χ1) is 24.3. The van der Waals surface area contributed by atoms with Gasteiger partial charge in [-0.1, -0.05) is 79.1 Å². The van der Waals surface area contributed by atoms with E-state index in [0.29, 0.717) is 32.2 Å². The van der Waals surface area contributed by atoms with Gasteiger partial charge in [-0.05, 0) is 88.4 Å². The second-order valence-corrected chi connectivity index (χ2v) is 21.4. The third kappa shape index (κ3) is 8.65. The van der Waals surface area contributed by atoms with Crippen LogP contribution in [0.5, 0.6) is 0 Å². The molecule has 1 aliphatic heterocycles. The maximum Gasteiger partial charge on any atom is 0.315 e. The van der Waals surface area contributed by atoms with Crippen molar-refractivity contribution in [1.82, 2.24) is 26.2 Å². The topological polar surface area (TPSA) is 171 Å². The molecule has 294 valence electrons. The molecule has 0 bridgehead atoms. The van der Waals surface area contributed by atoms with Crippen molar-refractivity contribution in [2.75, 3.05) is 12.3 Å². The van der Waals surface area contributed by atoms with Gasteiger partial charge in [0, 0.05) is 12.6 Å². The van der Waals surface area contributed by atoms with E-state index in [4.69, 9.17) is 0 Å². The standard InChI is InChI=1S/C39H65N5O7S/c1-8-9-16-27(30(45)33(47)40-25-17-18-25)41-32(46)29-28-26(37(28,5)6)23-44(29)34(48)31(38(7)19-12-10-13-20-38)42-35(49)43-39(21-14-11-15-22-39)24-52(50,51)36(2,3)4/h25-29,31H,8-24H2,1-7H3,(H,40,47)(H,41,46)(H2,42,43,49)/t26-,27-,28?,29?,31+/m0/s1. The van der Waals surface area contributed by atoms with Crippen LogP contribution in [0.25, 0.3) is 0 Å². The van der Waals surface area contributed by atoms with Gasteiger partial charge in [0.1, 0.15) is 12.1 Å². The predicted octanol–water partition coefficient (Wildman–Crippen LogP) is 4.55. The van der Waals surface area contributed by atoms with Crippen LogP contribution >= 0.6 is 0 Å². The number of likely N-dealkylation sites (tertiary alicyclic amines) is 1. The summed E-state index contributed by atoms with van der Waals surface area (Å²) < 4.78 is 25.9. The molecule has 5 fully saturated rings. The number of carbonyl (C=O) groups is 5. The van der Waals surface area contributed by atoms with Crippen LogP contribution in [0.4, 0.5) is 4.79 Å². The number of hydrogen-bond donors (Lipinski definition) is 4. The molecule has 4 N–H and O–H groups in total. The van der Waals surface area contributed by atoms with Crippen molar-refractivity contribution < 1.29 is 32.4 Å². The Morgan fingerprint density at radius 3 is 2.02 bits per heavy atom. The van der Waals surface area contributed by atoms with Crippen LogP contribution in [-0.2, 0) is 29.0 Å². The second kappa shape index (κ2) is 15.2. The normalized spacial score (nSPS) is 27.4. The Morgan fingerprint density at radius 2 is 1.46 bits per heavy atom. The van der Waals surface area contributed by atoms with E-state index in [2.05, 4.69) is 35.1 Å². The Labute approximate surface area is 311 Å². The van der Waals surface area contributed by atoms with Crippen LogP contribution in [0.15, 0.2) is 0 Å². The van der Waals surface area contributed by atoms with Crippen LogP contribution in [-0.4, -0.2) is 89.6 Å². The Hall–Kier alpha value is -2.70. The Kier molecular flexibility index (Phi) is 11.8. The number of piperidine rings is 1. The number of urea groups is 1. The van der Waals surface area contributed by atoms with E-state index < -0.39 is 67.3 Å². The molecular weight excluding hydrogens is 683 g/mol. The summed E-state index contributed by atoms with van der Waals surface area (Å²) in [6.45, 7) is 13.6. The first-order valence-corrected chi connectivity index (χ1v) is 21.7. The maximum absolute atomic E-state index is 14.9. The van der Waals surface area contributed by atoms with E-state index in [9.17, 15) is 32.4 Å². The van der Waals surface area contributed by atoms with E-state index in [1.165, 1.54) is 0 Å². The highest BCUT2D eigenvalue weighted by molar-refractivity contribution is 7.92. The summed E-state index contributed by atoms with van der Waals surface area (Å²) in [5, 5.41) is 11.8. The van der Waals surface area contributed by atoms with E-state index >= 15 is 0 Å². The minimum absolute atomic E-state index is 0.00797. The van der Waals surface area contributed by atoms with Gasteiger partial charge in [-0.2, -0.15) is 0 Å². The number of sulfone groups is 1. The first kappa shape index (κ1) is 40.5. The minimum atomic E-state index is -3.56. The largest absolute Gasteiger partial charge is 0.347 e. The van der Waals surface area contributed by atoms with Crippen LogP contribution in [0.2, 0.25) is 0 Å². The molecule has 5 aliphatic rings. The maximum atomic E-state index is 14.9. The van der Waals surface area contributed by atoms with Crippen molar-refractivity contribution in [3.63, 3.8) is 0 Å². The molecule has 0 spiro atoms. The second-order valence-electron chi connectivity index (χ2n) is 18.7. The van der Waals surface area contributed by atoms with Crippen molar-refractivity contribution in [2.24, 2.45) is 22.7 Å². The Bertz CT molecular complexity index is 1490. The molecule has 4 aliphatic carbocycles. The highest BCUT2D eigenvalue weighted by Crippen LogP contribution is 2.65. The fourth-order valence-corrected chi connectivity index (χ4v) is 10.8. The molecule has 1 saturated heterocycles. The fourth-order valence-electron chi connectivity index (χ4n) is 9.26. The lowest BCUT2D eigenvalue weighted by atomic mass is 9.70. The Morgan fingerprint density at radius 1 is 0.865 bits per heavy atom. The van der Waals surface area contributed by atoms with E-state index in [1.807, 2.05) is 13.8 Å². The molecule has 0 aromatic carbocycles. The lowest BCUT2D eigenvalue weighted by Crippen LogP contribution is -2.65. The lowest BCUT2D eigenvalue weighted by Gasteiger charge is -2.44. The van der Waals surface area contributed by atoms with Crippen molar-refractivity contribution >= 4 is 39.4 Å². The van der Waals surface area contributed by atoms with Crippen LogP contribution in [0.1, 0.15) is 145 Å². The van der Waals surface area contributed by atoms with Gasteiger partial charge < -0.3 is 26.2 Å². The molecule has 5 rings (SSSR count). The van der Waals surface area contributed by atoms with Crippen molar-refractivity contribution in [2.45, 2.75) is 179 Å². The Balaban J connectivity index is 1.39. The summed E-state index contributed by atoms with van der Waals surface area (Å²) in [5.41, 5.74) is -1.71. The van der Waals surface area contributed by atoms with E-state index in [-0.39, 0.29) is 35.0 Å². The molecule has 2 unspecified atom stereocenters. The van der Waals surface area contributed by atoms with Gasteiger partial charge in [-0.25, -0.2) is 13.2 Å². The first-order valence-electron chi connectivity index (χ1n) is 20.0. The molecule has 0 radical (unpaired) electrons. The third-order valence-corrected chi connectivity index (χ3v) is 16.0. The number of fused-ring (bicyclic) bond motifs is 1.